The number of aromatic nitrogens is 2. The fourth-order valence-corrected chi connectivity index (χ4v) is 5.72. The van der Waals surface area contributed by atoms with Crippen LogP contribution in [-0.2, 0) is 6.42 Å². The van der Waals surface area contributed by atoms with E-state index in [1.54, 1.807) is 7.11 Å². The van der Waals surface area contributed by atoms with Crippen molar-refractivity contribution in [1.29, 1.82) is 0 Å². The van der Waals surface area contributed by atoms with Crippen molar-refractivity contribution in [2.24, 2.45) is 0 Å². The number of carbonyl (C=O) groups is 1. The number of carbonyl (C=O) groups excluding carboxylic acids is 1. The lowest BCUT2D eigenvalue weighted by atomic mass is 10.0. The Morgan fingerprint density at radius 3 is 2.26 bits per heavy atom. The van der Waals surface area contributed by atoms with Crippen LogP contribution in [0.5, 0.6) is 5.75 Å². The second-order valence-electron chi connectivity index (χ2n) is 11.0. The number of amides is 1. The fraction of sp³-hybridized carbons (Fsp3) is 0.576. The van der Waals surface area contributed by atoms with E-state index < -0.39 is 0 Å². The predicted octanol–water partition coefficient (Wildman–Crippen LogP) is 7.25. The zero-order valence-corrected chi connectivity index (χ0v) is 24.5. The number of unbranched alkanes of at least 4 members (excludes halogenated alkanes) is 4. The fourth-order valence-electron chi connectivity index (χ4n) is 5.72. The number of hydrogen-bond donors (Lipinski definition) is 0. The van der Waals surface area contributed by atoms with Crippen molar-refractivity contribution >= 4 is 11.4 Å². The number of pyridine rings is 1. The van der Waals surface area contributed by atoms with E-state index in [2.05, 4.69) is 41.8 Å². The van der Waals surface area contributed by atoms with Gasteiger partial charge in [-0.3, -0.25) is 4.79 Å². The van der Waals surface area contributed by atoms with Gasteiger partial charge in [-0.1, -0.05) is 46.0 Å². The molecule has 0 N–H and O–H groups in total. The van der Waals surface area contributed by atoms with Crippen LogP contribution < -0.4 is 4.74 Å². The molecule has 39 heavy (non-hydrogen) atoms. The highest BCUT2D eigenvalue weighted by molar-refractivity contribution is 5.95. The minimum Gasteiger partial charge on any atom is -0.497 e. The Bertz CT molecular complexity index is 1150. The van der Waals surface area contributed by atoms with Crippen molar-refractivity contribution in [3.8, 4) is 17.0 Å². The zero-order valence-electron chi connectivity index (χ0n) is 24.5. The lowest BCUT2D eigenvalue weighted by Crippen LogP contribution is -2.33. The van der Waals surface area contributed by atoms with Gasteiger partial charge in [0.1, 0.15) is 5.75 Å². The molecule has 0 unspecified atom stereocenters. The summed E-state index contributed by atoms with van der Waals surface area (Å²) >= 11 is 0. The van der Waals surface area contributed by atoms with Gasteiger partial charge < -0.3 is 14.5 Å². The molecule has 6 nitrogen and oxygen atoms in total. The summed E-state index contributed by atoms with van der Waals surface area (Å²) < 4.78 is 7.35. The topological polar surface area (TPSA) is 50.1 Å². The monoisotopic (exact) mass is 532 g/mol. The molecule has 1 aliphatic heterocycles. The van der Waals surface area contributed by atoms with Crippen LogP contribution in [-0.4, -0.2) is 65.2 Å². The standard InChI is InChI=1S/C33H48N4O2/c1-4-6-9-23-36(24-10-7-5-2)33(38)28-19-25-37-31(26-28)30(14-13-22-35-20-11-8-12-21-35)32(34-37)27-15-17-29(39-3)18-16-27/h15-19,25-26H,4-14,20-24H2,1-3H3. The van der Waals surface area contributed by atoms with Gasteiger partial charge in [0.05, 0.1) is 18.3 Å². The Hall–Kier alpha value is -2.86. The number of piperidine rings is 1. The van der Waals surface area contributed by atoms with E-state index in [0.717, 1.165) is 99.1 Å². The van der Waals surface area contributed by atoms with Crippen LogP contribution in [0.4, 0.5) is 0 Å². The second-order valence-corrected chi connectivity index (χ2v) is 11.0. The molecule has 0 bridgehead atoms. The van der Waals surface area contributed by atoms with Gasteiger partial charge >= 0.3 is 0 Å². The summed E-state index contributed by atoms with van der Waals surface area (Å²) in [6, 6.07) is 12.2. The maximum absolute atomic E-state index is 13.7. The molecule has 4 rings (SSSR count). The maximum Gasteiger partial charge on any atom is 0.253 e. The van der Waals surface area contributed by atoms with Crippen LogP contribution in [0.3, 0.4) is 0 Å². The minimum absolute atomic E-state index is 0.149. The summed E-state index contributed by atoms with van der Waals surface area (Å²) in [4.78, 5) is 18.4. The lowest BCUT2D eigenvalue weighted by molar-refractivity contribution is 0.0749. The van der Waals surface area contributed by atoms with E-state index in [1.807, 2.05) is 28.9 Å². The summed E-state index contributed by atoms with van der Waals surface area (Å²) in [7, 11) is 1.69. The summed E-state index contributed by atoms with van der Waals surface area (Å²) in [6.07, 6.45) is 14.7. The third kappa shape index (κ3) is 7.84. The van der Waals surface area contributed by atoms with E-state index in [4.69, 9.17) is 9.84 Å². The molecule has 2 aromatic heterocycles. The number of hydrogen-bond acceptors (Lipinski definition) is 4. The molecular weight excluding hydrogens is 484 g/mol. The Balaban J connectivity index is 1.62. The molecule has 0 atom stereocenters. The number of benzene rings is 1. The van der Waals surface area contributed by atoms with E-state index in [0.29, 0.717) is 0 Å². The first kappa shape index (κ1) is 29.1. The molecule has 1 aliphatic rings. The molecule has 1 saturated heterocycles. The predicted molar refractivity (Wildman–Crippen MR) is 161 cm³/mol. The Labute approximate surface area is 235 Å². The molecule has 1 aromatic carbocycles. The largest absolute Gasteiger partial charge is 0.497 e. The quantitative estimate of drug-likeness (QED) is 0.193. The Kier molecular flexibility index (Phi) is 11.3. The summed E-state index contributed by atoms with van der Waals surface area (Å²) in [5.74, 6) is 0.990. The minimum atomic E-state index is 0.149. The molecule has 3 heterocycles. The summed E-state index contributed by atoms with van der Waals surface area (Å²) in [6.45, 7) is 9.63. The molecule has 1 fully saturated rings. The van der Waals surface area contributed by atoms with Crippen molar-refractivity contribution in [2.75, 3.05) is 39.8 Å². The van der Waals surface area contributed by atoms with E-state index in [9.17, 15) is 4.79 Å². The van der Waals surface area contributed by atoms with E-state index in [-0.39, 0.29) is 5.91 Å². The van der Waals surface area contributed by atoms with Crippen LogP contribution in [0.2, 0.25) is 0 Å². The van der Waals surface area contributed by atoms with Gasteiger partial charge in [-0.25, -0.2) is 4.52 Å². The maximum atomic E-state index is 13.7. The van der Waals surface area contributed by atoms with Crippen LogP contribution in [0.15, 0.2) is 42.6 Å². The number of fused-ring (bicyclic) bond motifs is 1. The van der Waals surface area contributed by atoms with Crippen molar-refractivity contribution in [3.05, 3.63) is 53.7 Å². The summed E-state index contributed by atoms with van der Waals surface area (Å²) in [5, 5.41) is 5.01. The molecule has 0 aliphatic carbocycles. The first-order valence-electron chi connectivity index (χ1n) is 15.3. The highest BCUT2D eigenvalue weighted by atomic mass is 16.5. The highest BCUT2D eigenvalue weighted by Crippen LogP contribution is 2.30. The van der Waals surface area contributed by atoms with Gasteiger partial charge in [-0.15, -0.1) is 0 Å². The molecule has 0 spiro atoms. The van der Waals surface area contributed by atoms with Gasteiger partial charge in [0.15, 0.2) is 0 Å². The molecular formula is C33H48N4O2. The van der Waals surface area contributed by atoms with Gasteiger partial charge in [0.25, 0.3) is 5.91 Å². The van der Waals surface area contributed by atoms with Crippen LogP contribution in [0.25, 0.3) is 16.8 Å². The van der Waals surface area contributed by atoms with Crippen molar-refractivity contribution in [3.63, 3.8) is 0 Å². The zero-order chi connectivity index (χ0) is 27.5. The molecule has 3 aromatic rings. The van der Waals surface area contributed by atoms with Crippen molar-refractivity contribution < 1.29 is 9.53 Å². The third-order valence-corrected chi connectivity index (χ3v) is 8.05. The van der Waals surface area contributed by atoms with Gasteiger partial charge in [-0.2, -0.15) is 5.10 Å². The van der Waals surface area contributed by atoms with Gasteiger partial charge in [-0.05, 0) is 94.6 Å². The third-order valence-electron chi connectivity index (χ3n) is 8.05. The Morgan fingerprint density at radius 1 is 0.923 bits per heavy atom. The first-order chi connectivity index (χ1) is 19.1. The normalized spacial score (nSPS) is 14.1. The van der Waals surface area contributed by atoms with Crippen molar-refractivity contribution in [2.45, 2.75) is 84.5 Å². The van der Waals surface area contributed by atoms with E-state index in [1.165, 1.54) is 37.9 Å². The highest BCUT2D eigenvalue weighted by Gasteiger charge is 2.20. The number of methoxy groups -OCH3 is 1. The smallest absolute Gasteiger partial charge is 0.253 e. The molecule has 0 radical (unpaired) electrons. The second kappa shape index (κ2) is 15.1. The Morgan fingerprint density at radius 2 is 1.62 bits per heavy atom. The number of nitrogens with zero attached hydrogens (tertiary/aromatic N) is 4. The van der Waals surface area contributed by atoms with Gasteiger partial charge in [0.2, 0.25) is 0 Å². The lowest BCUT2D eigenvalue weighted by Gasteiger charge is -2.26. The molecule has 0 saturated carbocycles. The first-order valence-corrected chi connectivity index (χ1v) is 15.3. The van der Waals surface area contributed by atoms with Crippen LogP contribution in [0.1, 0.15) is 94.0 Å². The van der Waals surface area contributed by atoms with Crippen molar-refractivity contribution in [1.82, 2.24) is 19.4 Å². The average molecular weight is 533 g/mol. The number of likely N-dealkylation sites (tertiary alicyclic amines) is 1. The van der Waals surface area contributed by atoms with Crippen LogP contribution in [0, 0.1) is 0 Å². The number of ether oxygens (including phenoxy) is 1. The van der Waals surface area contributed by atoms with E-state index >= 15 is 0 Å². The molecule has 1 amide bonds. The SMILES string of the molecule is CCCCCN(CCCCC)C(=O)c1ccn2nc(-c3ccc(OC)cc3)c(CCCN3CCCCC3)c2c1. The molecule has 212 valence electrons. The number of rotatable bonds is 15. The summed E-state index contributed by atoms with van der Waals surface area (Å²) in [5.41, 5.74) is 5.14. The van der Waals surface area contributed by atoms with Gasteiger partial charge in [0, 0.05) is 36.0 Å². The average Bonchev–Trinajstić information content (AvgIpc) is 3.34. The van der Waals surface area contributed by atoms with Crippen LogP contribution >= 0.6 is 0 Å². The molecule has 6 heteroatoms. The number of aryl methyl sites for hydroxylation is 1.